The molecule has 2 saturated heterocycles. The minimum atomic E-state index is -2.88. The van der Waals surface area contributed by atoms with Crippen LogP contribution in [0.1, 0.15) is 53.9 Å². The molecule has 0 saturated carbocycles. The van der Waals surface area contributed by atoms with Crippen molar-refractivity contribution in [2.75, 3.05) is 18.1 Å². The summed E-state index contributed by atoms with van der Waals surface area (Å²) in [6, 6.07) is 0.231. The van der Waals surface area contributed by atoms with E-state index >= 15 is 0 Å². The Labute approximate surface area is 139 Å². The molecule has 1 atom stereocenters. The molecule has 134 valence electrons. The topological polar surface area (TPSA) is 75.7 Å². The molecule has 1 amide bonds. The molecule has 2 rings (SSSR count). The van der Waals surface area contributed by atoms with Gasteiger partial charge < -0.3 is 10.1 Å². The van der Waals surface area contributed by atoms with E-state index in [4.69, 9.17) is 4.74 Å². The third kappa shape index (κ3) is 4.18. The number of carbonyl (C=O) groups excluding carboxylic acids is 1. The van der Waals surface area contributed by atoms with Crippen molar-refractivity contribution < 1.29 is 17.9 Å². The second-order valence-electron chi connectivity index (χ2n) is 8.03. The molecule has 2 heterocycles. The molecular weight excluding hydrogens is 316 g/mol. The summed E-state index contributed by atoms with van der Waals surface area (Å²) < 4.78 is 28.5. The third-order valence-corrected chi connectivity index (χ3v) is 6.62. The molecule has 0 aromatic heterocycles. The molecule has 0 spiro atoms. The van der Waals surface area contributed by atoms with Gasteiger partial charge in [-0.15, -0.1) is 0 Å². The molecule has 0 aliphatic carbocycles. The summed E-state index contributed by atoms with van der Waals surface area (Å²) in [5.74, 6) is 0.505. The van der Waals surface area contributed by atoms with Gasteiger partial charge in [0.05, 0.1) is 18.1 Å². The van der Waals surface area contributed by atoms with Crippen LogP contribution in [0.15, 0.2) is 0 Å². The third-order valence-electron chi connectivity index (χ3n) is 4.86. The number of ether oxygens (including phenoxy) is 1. The van der Waals surface area contributed by atoms with Gasteiger partial charge in [0, 0.05) is 23.2 Å². The largest absolute Gasteiger partial charge is 0.450 e. The zero-order valence-corrected chi connectivity index (χ0v) is 15.7. The van der Waals surface area contributed by atoms with Crippen molar-refractivity contribution in [2.45, 2.75) is 77.0 Å². The Morgan fingerprint density at radius 3 is 2.17 bits per heavy atom. The van der Waals surface area contributed by atoms with Gasteiger partial charge in [-0.2, -0.15) is 0 Å². The number of piperidine rings is 1. The van der Waals surface area contributed by atoms with Crippen LogP contribution in [0.25, 0.3) is 0 Å². The predicted molar refractivity (Wildman–Crippen MR) is 90.2 cm³/mol. The fourth-order valence-electron chi connectivity index (χ4n) is 4.34. The van der Waals surface area contributed by atoms with Crippen LogP contribution in [-0.4, -0.2) is 60.7 Å². The number of carbonyl (C=O) groups is 1. The molecular formula is C16H30N2O4S. The lowest BCUT2D eigenvalue weighted by Crippen LogP contribution is -2.66. The van der Waals surface area contributed by atoms with Crippen LogP contribution in [0.3, 0.4) is 0 Å². The zero-order valence-electron chi connectivity index (χ0n) is 14.9. The van der Waals surface area contributed by atoms with Crippen molar-refractivity contribution in [2.24, 2.45) is 0 Å². The molecule has 1 N–H and O–H groups in total. The Morgan fingerprint density at radius 2 is 1.74 bits per heavy atom. The Balaban J connectivity index is 2.10. The number of rotatable bonds is 3. The minimum absolute atomic E-state index is 0.0331. The predicted octanol–water partition coefficient (Wildman–Crippen LogP) is 1.94. The number of nitrogens with zero attached hydrogens (tertiary/aromatic N) is 1. The number of nitrogens with one attached hydrogen (secondary N) is 1. The first-order valence-corrected chi connectivity index (χ1v) is 10.2. The Morgan fingerprint density at radius 1 is 1.17 bits per heavy atom. The molecule has 7 heteroatoms. The first-order chi connectivity index (χ1) is 10.5. The maximum atomic E-state index is 12.4. The molecule has 6 nitrogen and oxygen atoms in total. The number of hydrogen-bond acceptors (Lipinski definition) is 5. The Bertz CT molecular complexity index is 538. The summed E-state index contributed by atoms with van der Waals surface area (Å²) in [6.45, 7) is 10.4. The van der Waals surface area contributed by atoms with Gasteiger partial charge in [-0.25, -0.2) is 13.2 Å². The second-order valence-corrected chi connectivity index (χ2v) is 10.3. The number of hydrogen-bond donors (Lipinski definition) is 1. The monoisotopic (exact) mass is 346 g/mol. The van der Waals surface area contributed by atoms with E-state index in [2.05, 4.69) is 5.32 Å². The van der Waals surface area contributed by atoms with Crippen molar-refractivity contribution in [3.05, 3.63) is 0 Å². The highest BCUT2D eigenvalue weighted by Gasteiger charge is 2.49. The average molecular weight is 346 g/mol. The summed E-state index contributed by atoms with van der Waals surface area (Å²) in [5.41, 5.74) is -0.688. The van der Waals surface area contributed by atoms with E-state index in [1.165, 1.54) is 0 Å². The minimum Gasteiger partial charge on any atom is -0.450 e. The van der Waals surface area contributed by atoms with Crippen molar-refractivity contribution in [1.29, 1.82) is 0 Å². The molecule has 23 heavy (non-hydrogen) atoms. The molecule has 2 aliphatic heterocycles. The smallest absolute Gasteiger partial charge is 0.410 e. The van der Waals surface area contributed by atoms with Gasteiger partial charge in [0.25, 0.3) is 0 Å². The van der Waals surface area contributed by atoms with Gasteiger partial charge in [0.2, 0.25) is 0 Å². The van der Waals surface area contributed by atoms with Gasteiger partial charge >= 0.3 is 6.09 Å². The number of likely N-dealkylation sites (tertiary alicyclic amines) is 1. The van der Waals surface area contributed by atoms with Crippen LogP contribution in [0.5, 0.6) is 0 Å². The maximum absolute atomic E-state index is 12.4. The van der Waals surface area contributed by atoms with E-state index < -0.39 is 9.84 Å². The van der Waals surface area contributed by atoms with Gasteiger partial charge in [-0.3, -0.25) is 4.90 Å². The van der Waals surface area contributed by atoms with Gasteiger partial charge in [-0.05, 0) is 53.9 Å². The van der Waals surface area contributed by atoms with E-state index in [0.29, 0.717) is 13.0 Å². The number of amides is 1. The lowest BCUT2D eigenvalue weighted by Gasteiger charge is -2.54. The SMILES string of the molecule is CCOC(=O)N1C(C)(C)CC(N[C@H]2CCS(=O)(=O)C2)CC1(C)C. The zero-order chi connectivity index (χ0) is 17.5. The average Bonchev–Trinajstić information content (AvgIpc) is 2.65. The molecule has 0 radical (unpaired) electrons. The molecule has 0 aromatic carbocycles. The quantitative estimate of drug-likeness (QED) is 0.845. The van der Waals surface area contributed by atoms with E-state index in [-0.39, 0.29) is 40.8 Å². The lowest BCUT2D eigenvalue weighted by molar-refractivity contribution is -0.0343. The summed E-state index contributed by atoms with van der Waals surface area (Å²) in [5, 5.41) is 3.52. The molecule has 2 aliphatic rings. The van der Waals surface area contributed by atoms with E-state index in [9.17, 15) is 13.2 Å². The standard InChI is InChI=1S/C16H30N2O4S/c1-6-22-14(19)18-15(2,3)9-13(10-16(18,4)5)17-12-7-8-23(20,21)11-12/h12-13,17H,6-11H2,1-5H3/t12-/m0/s1. The molecule has 0 unspecified atom stereocenters. The van der Waals surface area contributed by atoms with E-state index in [0.717, 1.165) is 12.8 Å². The van der Waals surface area contributed by atoms with E-state index in [1.807, 2.05) is 39.5 Å². The first-order valence-electron chi connectivity index (χ1n) is 8.40. The normalized spacial score (nSPS) is 29.4. The highest BCUT2D eigenvalue weighted by atomic mass is 32.2. The van der Waals surface area contributed by atoms with Crippen molar-refractivity contribution >= 4 is 15.9 Å². The molecule has 2 fully saturated rings. The van der Waals surface area contributed by atoms with E-state index in [1.54, 1.807) is 0 Å². The van der Waals surface area contributed by atoms with Crippen molar-refractivity contribution in [3.8, 4) is 0 Å². The summed E-state index contributed by atoms with van der Waals surface area (Å²) in [7, 11) is -2.88. The molecule has 0 bridgehead atoms. The highest BCUT2D eigenvalue weighted by Crippen LogP contribution is 2.39. The summed E-state index contributed by atoms with van der Waals surface area (Å²) in [4.78, 5) is 14.2. The van der Waals surface area contributed by atoms with Crippen LogP contribution in [0.2, 0.25) is 0 Å². The summed E-state index contributed by atoms with van der Waals surface area (Å²) in [6.07, 6.45) is 1.98. The fraction of sp³-hybridized carbons (Fsp3) is 0.938. The second kappa shape index (κ2) is 6.24. The van der Waals surface area contributed by atoms with Gasteiger partial charge in [0.15, 0.2) is 9.84 Å². The maximum Gasteiger partial charge on any atom is 0.410 e. The Kier molecular flexibility index (Phi) is 5.02. The highest BCUT2D eigenvalue weighted by molar-refractivity contribution is 7.91. The first kappa shape index (κ1) is 18.5. The van der Waals surface area contributed by atoms with Crippen molar-refractivity contribution in [1.82, 2.24) is 10.2 Å². The lowest BCUT2D eigenvalue weighted by atomic mass is 9.77. The van der Waals surface area contributed by atoms with Crippen LogP contribution in [0.4, 0.5) is 4.79 Å². The number of sulfone groups is 1. The van der Waals surface area contributed by atoms with Crippen LogP contribution >= 0.6 is 0 Å². The van der Waals surface area contributed by atoms with Crippen LogP contribution in [-0.2, 0) is 14.6 Å². The Hall–Kier alpha value is -0.820. The van der Waals surface area contributed by atoms with Crippen LogP contribution < -0.4 is 5.32 Å². The van der Waals surface area contributed by atoms with Gasteiger partial charge in [-0.1, -0.05) is 0 Å². The van der Waals surface area contributed by atoms with Crippen molar-refractivity contribution in [3.63, 3.8) is 0 Å². The molecule has 0 aromatic rings. The summed E-state index contributed by atoms with van der Waals surface area (Å²) >= 11 is 0. The van der Waals surface area contributed by atoms with Gasteiger partial charge in [0.1, 0.15) is 0 Å². The van der Waals surface area contributed by atoms with Crippen LogP contribution in [0, 0.1) is 0 Å². The fourth-order valence-corrected chi connectivity index (χ4v) is 6.03.